The van der Waals surface area contributed by atoms with Crippen molar-refractivity contribution in [2.45, 2.75) is 63.2 Å². The molecule has 1 N–H and O–H groups in total. The summed E-state index contributed by atoms with van der Waals surface area (Å²) in [5.74, 6) is -0.686. The second-order valence-corrected chi connectivity index (χ2v) is 6.74. The van der Waals surface area contributed by atoms with Gasteiger partial charge in [0.1, 0.15) is 24.4 Å². The summed E-state index contributed by atoms with van der Waals surface area (Å²) >= 11 is 0. The Balaban J connectivity index is 1.59. The van der Waals surface area contributed by atoms with Gasteiger partial charge in [-0.3, -0.25) is 0 Å². The molecule has 120 valence electrons. The molecule has 0 bridgehead atoms. The van der Waals surface area contributed by atoms with Crippen LogP contribution in [0.5, 0.6) is 0 Å². The van der Waals surface area contributed by atoms with E-state index in [9.17, 15) is 5.11 Å². The van der Waals surface area contributed by atoms with Gasteiger partial charge in [0.2, 0.25) is 0 Å². The molecule has 2 heterocycles. The molecule has 1 aliphatic carbocycles. The largest absolute Gasteiger partial charge is 0.386 e. The molecule has 0 aromatic heterocycles. The van der Waals surface area contributed by atoms with Gasteiger partial charge < -0.3 is 24.1 Å². The van der Waals surface area contributed by atoms with Gasteiger partial charge in [-0.1, -0.05) is 18.2 Å². The molecule has 5 atom stereocenters. The number of rotatable bonds is 3. The monoisotopic (exact) mass is 306 g/mol. The number of aliphatic hydroxyl groups excluding tert-OH is 1. The summed E-state index contributed by atoms with van der Waals surface area (Å²) in [7, 11) is 1.58. The van der Waals surface area contributed by atoms with E-state index in [1.165, 1.54) is 11.1 Å². The maximum atomic E-state index is 10.8. The van der Waals surface area contributed by atoms with Crippen molar-refractivity contribution in [2.24, 2.45) is 0 Å². The van der Waals surface area contributed by atoms with Crippen molar-refractivity contribution in [3.63, 3.8) is 0 Å². The number of hydrogen-bond acceptors (Lipinski definition) is 5. The van der Waals surface area contributed by atoms with Gasteiger partial charge in [-0.15, -0.1) is 0 Å². The number of aryl methyl sites for hydroxylation is 2. The van der Waals surface area contributed by atoms with Crippen molar-refractivity contribution in [3.8, 4) is 0 Å². The molecule has 5 nitrogen and oxygen atoms in total. The predicted molar refractivity (Wildman–Crippen MR) is 78.3 cm³/mol. The molecule has 1 unspecified atom stereocenters. The molecule has 2 saturated heterocycles. The average molecular weight is 306 g/mol. The quantitative estimate of drug-likeness (QED) is 0.921. The number of aliphatic hydroxyl groups is 1. The highest BCUT2D eigenvalue weighted by Gasteiger charge is 2.57. The lowest BCUT2D eigenvalue weighted by Gasteiger charge is -2.27. The third kappa shape index (κ3) is 2.20. The van der Waals surface area contributed by atoms with E-state index >= 15 is 0 Å². The minimum Gasteiger partial charge on any atom is -0.386 e. The molecule has 0 amide bonds. The number of methoxy groups -OCH3 is 1. The van der Waals surface area contributed by atoms with Crippen molar-refractivity contribution < 1.29 is 24.1 Å². The van der Waals surface area contributed by atoms with Crippen molar-refractivity contribution in [1.29, 1.82) is 0 Å². The molecule has 1 aromatic carbocycles. The van der Waals surface area contributed by atoms with E-state index in [1.54, 1.807) is 7.11 Å². The fourth-order valence-electron chi connectivity index (χ4n) is 3.62. The summed E-state index contributed by atoms with van der Waals surface area (Å²) in [6, 6.07) is 6.14. The molecule has 0 radical (unpaired) electrons. The Morgan fingerprint density at radius 2 is 1.91 bits per heavy atom. The lowest BCUT2D eigenvalue weighted by Crippen LogP contribution is -2.34. The second kappa shape index (κ2) is 5.01. The minimum atomic E-state index is -0.754. The van der Waals surface area contributed by atoms with E-state index < -0.39 is 24.3 Å². The van der Waals surface area contributed by atoms with Crippen LogP contribution in [0.25, 0.3) is 0 Å². The highest BCUT2D eigenvalue weighted by Crippen LogP contribution is 2.43. The second-order valence-electron chi connectivity index (χ2n) is 6.74. The first-order chi connectivity index (χ1) is 10.5. The Morgan fingerprint density at radius 3 is 2.55 bits per heavy atom. The van der Waals surface area contributed by atoms with Gasteiger partial charge in [0.25, 0.3) is 0 Å². The summed E-state index contributed by atoms with van der Waals surface area (Å²) in [4.78, 5) is 0. The molecule has 5 heteroatoms. The molecule has 0 spiro atoms. The summed E-state index contributed by atoms with van der Waals surface area (Å²) in [5, 5.41) is 10.8. The van der Waals surface area contributed by atoms with E-state index in [0.29, 0.717) is 0 Å². The molecular weight excluding hydrogens is 284 g/mol. The van der Waals surface area contributed by atoms with Crippen molar-refractivity contribution in [2.75, 3.05) is 7.11 Å². The zero-order valence-corrected chi connectivity index (χ0v) is 13.1. The van der Waals surface area contributed by atoms with Crippen LogP contribution in [0, 0.1) is 0 Å². The van der Waals surface area contributed by atoms with Crippen LogP contribution < -0.4 is 0 Å². The maximum absolute atomic E-state index is 10.8. The third-order valence-electron chi connectivity index (χ3n) is 4.83. The van der Waals surface area contributed by atoms with Crippen LogP contribution >= 0.6 is 0 Å². The van der Waals surface area contributed by atoms with Crippen LogP contribution in [0.4, 0.5) is 0 Å². The van der Waals surface area contributed by atoms with E-state index in [1.807, 2.05) is 19.9 Å². The van der Waals surface area contributed by atoms with Gasteiger partial charge in [0, 0.05) is 7.11 Å². The summed E-state index contributed by atoms with van der Waals surface area (Å²) in [6.07, 6.45) is -0.190. The Morgan fingerprint density at radius 1 is 1.18 bits per heavy atom. The van der Waals surface area contributed by atoms with Gasteiger partial charge >= 0.3 is 0 Å². The molecule has 2 fully saturated rings. The topological polar surface area (TPSA) is 57.2 Å². The first-order valence-corrected chi connectivity index (χ1v) is 7.82. The Bertz CT molecular complexity index is 584. The molecule has 0 saturated carbocycles. The Hall–Kier alpha value is -0.980. The number of hydrogen-bond donors (Lipinski definition) is 1. The molecule has 3 aliphatic rings. The number of ether oxygens (including phenoxy) is 4. The average Bonchev–Trinajstić information content (AvgIpc) is 2.92. The summed E-state index contributed by atoms with van der Waals surface area (Å²) < 4.78 is 23.0. The first-order valence-electron chi connectivity index (χ1n) is 7.82. The Kier molecular flexibility index (Phi) is 3.33. The van der Waals surface area contributed by atoms with Crippen molar-refractivity contribution >= 4 is 0 Å². The van der Waals surface area contributed by atoms with E-state index in [-0.39, 0.29) is 12.2 Å². The fourth-order valence-corrected chi connectivity index (χ4v) is 3.62. The van der Waals surface area contributed by atoms with Crippen LogP contribution in [0.3, 0.4) is 0 Å². The summed E-state index contributed by atoms with van der Waals surface area (Å²) in [6.45, 7) is 3.74. The number of benzene rings is 1. The van der Waals surface area contributed by atoms with Crippen LogP contribution in [0.1, 0.15) is 36.6 Å². The smallest absolute Gasteiger partial charge is 0.186 e. The predicted octanol–water partition coefficient (Wildman–Crippen LogP) is 1.71. The highest BCUT2D eigenvalue weighted by molar-refractivity contribution is 5.39. The number of fused-ring (bicyclic) bond motifs is 2. The fraction of sp³-hybridized carbons (Fsp3) is 0.647. The Labute approximate surface area is 130 Å². The van der Waals surface area contributed by atoms with E-state index in [0.717, 1.165) is 18.4 Å². The zero-order valence-electron chi connectivity index (χ0n) is 13.1. The lowest BCUT2D eigenvalue weighted by molar-refractivity contribution is -0.237. The van der Waals surface area contributed by atoms with Crippen molar-refractivity contribution in [1.82, 2.24) is 0 Å². The van der Waals surface area contributed by atoms with Gasteiger partial charge in [0.15, 0.2) is 12.1 Å². The van der Waals surface area contributed by atoms with Crippen LogP contribution in [-0.4, -0.2) is 42.6 Å². The summed E-state index contributed by atoms with van der Waals surface area (Å²) in [5.41, 5.74) is 3.56. The standard InChI is InChI=1S/C17H22O5/c1-17(2)21-14-13(20-16(19-3)15(14)22-17)12(18)11-7-5-9-4-6-10(9)8-11/h5,7-8,12-16,18H,4,6H2,1-3H3/t12?,13-,14-,15-,16-/m1/s1. The van der Waals surface area contributed by atoms with Gasteiger partial charge in [-0.05, 0) is 43.4 Å². The van der Waals surface area contributed by atoms with Crippen molar-refractivity contribution in [3.05, 3.63) is 34.9 Å². The normalized spacial score (nSPS) is 36.5. The van der Waals surface area contributed by atoms with Gasteiger partial charge in [-0.25, -0.2) is 0 Å². The minimum absolute atomic E-state index is 0.314. The third-order valence-corrected chi connectivity index (χ3v) is 4.83. The van der Waals surface area contributed by atoms with E-state index in [4.69, 9.17) is 18.9 Å². The highest BCUT2D eigenvalue weighted by atomic mass is 16.8. The molecule has 2 aliphatic heterocycles. The SMILES string of the molecule is CO[C@@H]1O[C@H](C(O)c2ccc3c(c2)CC3)[C@H]2OC(C)(C)O[C@@H]12. The van der Waals surface area contributed by atoms with E-state index in [2.05, 4.69) is 12.1 Å². The molecular formula is C17H22O5. The maximum Gasteiger partial charge on any atom is 0.186 e. The molecule has 4 rings (SSSR count). The van der Waals surface area contributed by atoms with Crippen LogP contribution in [0.15, 0.2) is 18.2 Å². The van der Waals surface area contributed by atoms with Gasteiger partial charge in [-0.2, -0.15) is 0 Å². The first kappa shape index (κ1) is 14.6. The zero-order chi connectivity index (χ0) is 15.5. The molecule has 22 heavy (non-hydrogen) atoms. The van der Waals surface area contributed by atoms with Crippen LogP contribution in [0.2, 0.25) is 0 Å². The van der Waals surface area contributed by atoms with Crippen LogP contribution in [-0.2, 0) is 31.8 Å². The molecule has 1 aromatic rings. The van der Waals surface area contributed by atoms with Gasteiger partial charge in [0.05, 0.1) is 0 Å². The lowest BCUT2D eigenvalue weighted by atomic mass is 9.85.